The molecule has 0 bridgehead atoms. The maximum atomic E-state index is 12.3. The minimum Gasteiger partial charge on any atom is -0.478 e. The molecule has 1 saturated heterocycles. The average molecular weight is 290 g/mol. The predicted octanol–water partition coefficient (Wildman–Crippen LogP) is 2.67. The number of carbonyl (C=O) groups excluding carboxylic acids is 1. The third kappa shape index (κ3) is 3.97. The average Bonchev–Trinajstić information content (AvgIpc) is 2.47. The van der Waals surface area contributed by atoms with Crippen LogP contribution in [0, 0.1) is 5.92 Å². The lowest BCUT2D eigenvalue weighted by atomic mass is 9.99. The van der Waals surface area contributed by atoms with Crippen molar-refractivity contribution in [2.24, 2.45) is 5.92 Å². The van der Waals surface area contributed by atoms with Gasteiger partial charge in [0, 0.05) is 26.7 Å². The van der Waals surface area contributed by atoms with Crippen molar-refractivity contribution in [3.63, 3.8) is 0 Å². The minimum absolute atomic E-state index is 0.0456. The predicted molar refractivity (Wildman–Crippen MR) is 80.2 cm³/mol. The van der Waals surface area contributed by atoms with E-state index in [0.717, 1.165) is 31.5 Å². The summed E-state index contributed by atoms with van der Waals surface area (Å²) in [6.07, 6.45) is 2.12. The van der Waals surface area contributed by atoms with Crippen molar-refractivity contribution < 1.29 is 14.7 Å². The topological polar surface area (TPSA) is 60.9 Å². The lowest BCUT2D eigenvalue weighted by Crippen LogP contribution is -2.44. The van der Waals surface area contributed by atoms with Crippen LogP contribution in [0.3, 0.4) is 0 Å². The van der Waals surface area contributed by atoms with Crippen LogP contribution in [0.2, 0.25) is 0 Å². The van der Waals surface area contributed by atoms with Crippen LogP contribution >= 0.6 is 0 Å². The van der Waals surface area contributed by atoms with Crippen LogP contribution in [0.25, 0.3) is 0 Å². The summed E-state index contributed by atoms with van der Waals surface area (Å²) in [5.74, 6) is -0.240. The Morgan fingerprint density at radius 3 is 2.33 bits per heavy atom. The first-order valence-electron chi connectivity index (χ1n) is 7.29. The first-order chi connectivity index (χ1) is 9.97. The summed E-state index contributed by atoms with van der Waals surface area (Å²) in [7, 11) is 1.78. The molecule has 0 spiro atoms. The third-order valence-electron chi connectivity index (χ3n) is 4.00. The van der Waals surface area contributed by atoms with E-state index in [0.29, 0.717) is 12.5 Å². The zero-order valence-electron chi connectivity index (χ0n) is 12.6. The lowest BCUT2D eigenvalue weighted by molar-refractivity contribution is 0.0696. The van der Waals surface area contributed by atoms with Crippen LogP contribution in [0.15, 0.2) is 24.3 Å². The van der Waals surface area contributed by atoms with Gasteiger partial charge >= 0.3 is 12.0 Å². The molecule has 0 unspecified atom stereocenters. The maximum Gasteiger partial charge on any atom is 0.335 e. The summed E-state index contributed by atoms with van der Waals surface area (Å²) in [6.45, 7) is 4.35. The van der Waals surface area contributed by atoms with E-state index >= 15 is 0 Å². The largest absolute Gasteiger partial charge is 0.478 e. The molecule has 5 nitrogen and oxygen atoms in total. The monoisotopic (exact) mass is 290 g/mol. The van der Waals surface area contributed by atoms with Crippen molar-refractivity contribution in [1.82, 2.24) is 9.80 Å². The highest BCUT2D eigenvalue weighted by Crippen LogP contribution is 2.17. The van der Waals surface area contributed by atoms with Crippen LogP contribution in [-0.2, 0) is 6.54 Å². The van der Waals surface area contributed by atoms with Gasteiger partial charge < -0.3 is 14.9 Å². The van der Waals surface area contributed by atoms with Crippen molar-refractivity contribution in [1.29, 1.82) is 0 Å². The smallest absolute Gasteiger partial charge is 0.335 e. The highest BCUT2D eigenvalue weighted by atomic mass is 16.4. The molecule has 0 aliphatic carbocycles. The summed E-state index contributed by atoms with van der Waals surface area (Å²) in [4.78, 5) is 26.7. The lowest BCUT2D eigenvalue weighted by Gasteiger charge is -2.33. The van der Waals surface area contributed by atoms with E-state index in [1.54, 1.807) is 36.2 Å². The van der Waals surface area contributed by atoms with Gasteiger partial charge in [-0.1, -0.05) is 19.1 Å². The van der Waals surface area contributed by atoms with Gasteiger partial charge in [0.1, 0.15) is 0 Å². The molecule has 1 aliphatic rings. The van der Waals surface area contributed by atoms with Gasteiger partial charge in [0.15, 0.2) is 0 Å². The van der Waals surface area contributed by atoms with E-state index in [-0.39, 0.29) is 11.6 Å². The first-order valence-corrected chi connectivity index (χ1v) is 7.29. The Kier molecular flexibility index (Phi) is 4.83. The van der Waals surface area contributed by atoms with Crippen molar-refractivity contribution >= 4 is 12.0 Å². The standard InChI is InChI=1S/C16H22N2O3/c1-12-7-9-18(10-8-12)16(21)17(2)11-13-3-5-14(6-4-13)15(19)20/h3-6,12H,7-11H2,1-2H3,(H,19,20). The molecule has 1 fully saturated rings. The Balaban J connectivity index is 1.92. The van der Waals surface area contributed by atoms with E-state index in [1.807, 2.05) is 4.90 Å². The molecular weight excluding hydrogens is 268 g/mol. The van der Waals surface area contributed by atoms with E-state index < -0.39 is 5.97 Å². The van der Waals surface area contributed by atoms with Gasteiger partial charge in [0.2, 0.25) is 0 Å². The van der Waals surface area contributed by atoms with E-state index in [4.69, 9.17) is 5.11 Å². The van der Waals surface area contributed by atoms with Crippen LogP contribution in [0.5, 0.6) is 0 Å². The molecular formula is C16H22N2O3. The van der Waals surface area contributed by atoms with Gasteiger partial charge in [-0.2, -0.15) is 0 Å². The van der Waals surface area contributed by atoms with Gasteiger partial charge in [-0.05, 0) is 36.5 Å². The van der Waals surface area contributed by atoms with Gasteiger partial charge in [-0.25, -0.2) is 9.59 Å². The summed E-state index contributed by atoms with van der Waals surface area (Å²) in [5, 5.41) is 8.87. The quantitative estimate of drug-likeness (QED) is 0.931. The van der Waals surface area contributed by atoms with Crippen LogP contribution in [0.4, 0.5) is 4.79 Å². The summed E-state index contributed by atoms with van der Waals surface area (Å²) >= 11 is 0. The van der Waals surface area contributed by atoms with Crippen molar-refractivity contribution in [2.75, 3.05) is 20.1 Å². The second-order valence-electron chi connectivity index (χ2n) is 5.81. The van der Waals surface area contributed by atoms with Crippen molar-refractivity contribution in [2.45, 2.75) is 26.3 Å². The maximum absolute atomic E-state index is 12.3. The number of hydrogen-bond acceptors (Lipinski definition) is 2. The third-order valence-corrected chi connectivity index (χ3v) is 4.00. The SMILES string of the molecule is CC1CCN(C(=O)N(C)Cc2ccc(C(=O)O)cc2)CC1. The Bertz CT molecular complexity index is 505. The Hall–Kier alpha value is -2.04. The zero-order valence-corrected chi connectivity index (χ0v) is 12.6. The second-order valence-corrected chi connectivity index (χ2v) is 5.81. The molecule has 114 valence electrons. The molecule has 1 aromatic carbocycles. The molecule has 2 rings (SSSR count). The van der Waals surface area contributed by atoms with Gasteiger partial charge in [0.25, 0.3) is 0 Å². The molecule has 2 amide bonds. The highest BCUT2D eigenvalue weighted by molar-refractivity contribution is 5.87. The molecule has 0 atom stereocenters. The van der Waals surface area contributed by atoms with E-state index in [9.17, 15) is 9.59 Å². The van der Waals surface area contributed by atoms with Crippen LogP contribution in [-0.4, -0.2) is 47.0 Å². The number of aromatic carboxylic acids is 1. The fraction of sp³-hybridized carbons (Fsp3) is 0.500. The van der Waals surface area contributed by atoms with Crippen molar-refractivity contribution in [3.05, 3.63) is 35.4 Å². The Morgan fingerprint density at radius 1 is 1.24 bits per heavy atom. The van der Waals surface area contributed by atoms with E-state index in [1.165, 1.54) is 0 Å². The van der Waals surface area contributed by atoms with Crippen LogP contribution < -0.4 is 0 Å². The van der Waals surface area contributed by atoms with Crippen molar-refractivity contribution in [3.8, 4) is 0 Å². The number of urea groups is 1. The van der Waals surface area contributed by atoms with Crippen LogP contribution in [0.1, 0.15) is 35.7 Å². The van der Waals surface area contributed by atoms with Gasteiger partial charge in [-0.3, -0.25) is 0 Å². The molecule has 1 heterocycles. The fourth-order valence-corrected chi connectivity index (χ4v) is 2.54. The number of carboxylic acid groups (broad SMARTS) is 1. The number of rotatable bonds is 3. The Morgan fingerprint density at radius 2 is 1.81 bits per heavy atom. The number of nitrogens with zero attached hydrogens (tertiary/aromatic N) is 2. The fourth-order valence-electron chi connectivity index (χ4n) is 2.54. The van der Waals surface area contributed by atoms with Gasteiger partial charge in [-0.15, -0.1) is 0 Å². The summed E-state index contributed by atoms with van der Waals surface area (Å²) in [5.41, 5.74) is 1.19. The normalized spacial score (nSPS) is 15.8. The zero-order chi connectivity index (χ0) is 15.4. The molecule has 1 N–H and O–H groups in total. The second kappa shape index (κ2) is 6.61. The summed E-state index contributed by atoms with van der Waals surface area (Å²) in [6, 6.07) is 6.69. The highest BCUT2D eigenvalue weighted by Gasteiger charge is 2.22. The number of benzene rings is 1. The van der Waals surface area contributed by atoms with Gasteiger partial charge in [0.05, 0.1) is 5.56 Å². The number of piperidine rings is 1. The molecule has 1 aliphatic heterocycles. The molecule has 0 saturated carbocycles. The molecule has 21 heavy (non-hydrogen) atoms. The summed E-state index contributed by atoms with van der Waals surface area (Å²) < 4.78 is 0. The van der Waals surface area contributed by atoms with E-state index in [2.05, 4.69) is 6.92 Å². The Labute approximate surface area is 125 Å². The number of carboxylic acids is 1. The molecule has 5 heteroatoms. The molecule has 1 aromatic rings. The molecule has 0 aromatic heterocycles. The number of likely N-dealkylation sites (tertiary alicyclic amines) is 1. The first kappa shape index (κ1) is 15.4. The number of hydrogen-bond donors (Lipinski definition) is 1. The number of carbonyl (C=O) groups is 2. The molecule has 0 radical (unpaired) electrons. The number of amides is 2. The minimum atomic E-state index is -0.937.